The Hall–Kier alpha value is 0.215. The van der Waals surface area contributed by atoms with Crippen molar-refractivity contribution in [1.82, 2.24) is 0 Å². The fraction of sp³-hybridized carbons (Fsp3) is 1.00. The van der Waals surface area contributed by atoms with Gasteiger partial charge in [-0.05, 0) is 20.4 Å². The molecule has 0 aliphatic heterocycles. The highest BCUT2D eigenvalue weighted by atomic mass is 31.1. The van der Waals surface area contributed by atoms with Crippen LogP contribution in [0.2, 0.25) is 0 Å². The lowest BCUT2D eigenvalue weighted by Crippen LogP contribution is -2.07. The van der Waals surface area contributed by atoms with Gasteiger partial charge in [0.1, 0.15) is 0 Å². The van der Waals surface area contributed by atoms with Gasteiger partial charge in [-0.2, -0.15) is 0 Å². The van der Waals surface area contributed by atoms with E-state index in [0.717, 1.165) is 8.58 Å². The summed E-state index contributed by atoms with van der Waals surface area (Å²) < 4.78 is 39.0. The average molecular weight is 248 g/mol. The van der Waals surface area contributed by atoms with Gasteiger partial charge in [0.2, 0.25) is 0 Å². The quantitative estimate of drug-likeness (QED) is 0.296. The molecule has 6 heteroatoms. The second kappa shape index (κ2) is 8.38. The summed E-state index contributed by atoms with van der Waals surface area (Å²) in [5, 5.41) is 0. The Kier molecular flexibility index (Phi) is 9.83. The van der Waals surface area contributed by atoms with Crippen LogP contribution in [0, 0.1) is 5.41 Å². The maximum absolute atomic E-state index is 9.75. The zero-order valence-electron chi connectivity index (χ0n) is 9.99. The van der Waals surface area contributed by atoms with Gasteiger partial charge in [-0.25, -0.2) is 0 Å². The van der Waals surface area contributed by atoms with Crippen LogP contribution in [0.25, 0.3) is 0 Å². The van der Waals surface area contributed by atoms with E-state index >= 15 is 0 Å². The van der Waals surface area contributed by atoms with Crippen LogP contribution in [0.3, 0.4) is 0 Å². The van der Waals surface area contributed by atoms with E-state index in [9.17, 15) is 17.3 Å². The van der Waals surface area contributed by atoms with Crippen LogP contribution in [-0.4, -0.2) is 19.6 Å². The van der Waals surface area contributed by atoms with E-state index in [4.69, 9.17) is 0 Å². The van der Waals surface area contributed by atoms with Crippen molar-refractivity contribution in [2.24, 2.45) is 5.41 Å². The minimum absolute atomic E-state index is 0.586. The molecule has 0 saturated carbocycles. The van der Waals surface area contributed by atoms with E-state index < -0.39 is 7.25 Å². The van der Waals surface area contributed by atoms with Crippen LogP contribution in [-0.2, 0) is 0 Å². The molecule has 0 radical (unpaired) electrons. The summed E-state index contributed by atoms with van der Waals surface area (Å²) in [7, 11) is -5.26. The average Bonchev–Trinajstić information content (AvgIpc) is 1.93. The van der Waals surface area contributed by atoms with Crippen molar-refractivity contribution >= 4 is 15.8 Å². The summed E-state index contributed by atoms with van der Waals surface area (Å²) in [6, 6.07) is 0. The van der Waals surface area contributed by atoms with E-state index in [-0.39, 0.29) is 0 Å². The highest BCUT2D eigenvalue weighted by molar-refractivity contribution is 7.38. The third-order valence-corrected chi connectivity index (χ3v) is 3.85. The van der Waals surface area contributed by atoms with Gasteiger partial charge in [-0.3, -0.25) is 0 Å². The van der Waals surface area contributed by atoms with E-state index in [1.54, 1.807) is 0 Å². The predicted octanol–water partition coefficient (Wildman–Crippen LogP) is 4.54. The molecule has 0 aromatic heterocycles. The molecule has 0 spiro atoms. The van der Waals surface area contributed by atoms with Gasteiger partial charge in [0.05, 0.1) is 12.3 Å². The third-order valence-electron chi connectivity index (χ3n) is 1.52. The normalized spacial score (nSPS) is 12.8. The molecule has 1 atom stereocenters. The van der Waals surface area contributed by atoms with Crippen LogP contribution >= 0.6 is 8.58 Å². The predicted molar refractivity (Wildman–Crippen MR) is 64.0 cm³/mol. The third kappa shape index (κ3) is 40.7. The molecule has 0 amide bonds. The molecule has 15 heavy (non-hydrogen) atoms. The summed E-state index contributed by atoms with van der Waals surface area (Å²) in [5.41, 5.74) is 0.586. The van der Waals surface area contributed by atoms with Crippen molar-refractivity contribution in [2.45, 2.75) is 40.5 Å². The SMILES string of the molecule is CCCC[PH2+]CC(C)(C)C.F[B-](F)(F)F. The number of rotatable bonds is 4. The zero-order chi connectivity index (χ0) is 12.5. The standard InChI is InChI=1S/C9H21P.BF4/c1-5-6-7-10-8-9(2,3)4;2-1(3,4)5/h10H,5-8H2,1-4H3;/q;-1/p+1. The maximum Gasteiger partial charge on any atom is 0.673 e. The van der Waals surface area contributed by atoms with Crippen molar-refractivity contribution in [3.8, 4) is 0 Å². The lowest BCUT2D eigenvalue weighted by molar-refractivity contribution is 0.368. The monoisotopic (exact) mass is 248 g/mol. The van der Waals surface area contributed by atoms with E-state index in [2.05, 4.69) is 27.7 Å². The Labute approximate surface area is 92.1 Å². The summed E-state index contributed by atoms with van der Waals surface area (Å²) in [4.78, 5) is 0. The van der Waals surface area contributed by atoms with Crippen LogP contribution in [0.1, 0.15) is 40.5 Å². The number of hydrogen-bond acceptors (Lipinski definition) is 0. The molecule has 0 N–H and O–H groups in total. The van der Waals surface area contributed by atoms with Gasteiger partial charge in [-0.1, -0.05) is 34.1 Å². The van der Waals surface area contributed by atoms with Crippen LogP contribution in [0.4, 0.5) is 17.3 Å². The zero-order valence-corrected chi connectivity index (χ0v) is 11.1. The first kappa shape index (κ1) is 17.6. The molecule has 0 aliphatic rings. The Bertz CT molecular complexity index is 136. The molecule has 0 aliphatic carbocycles. The van der Waals surface area contributed by atoms with Gasteiger partial charge in [-0.15, -0.1) is 0 Å². The van der Waals surface area contributed by atoms with Gasteiger partial charge >= 0.3 is 7.25 Å². The van der Waals surface area contributed by atoms with Crippen LogP contribution < -0.4 is 0 Å². The van der Waals surface area contributed by atoms with Crippen molar-refractivity contribution in [1.29, 1.82) is 0 Å². The molecule has 0 bridgehead atoms. The maximum atomic E-state index is 9.75. The first-order valence-corrected chi connectivity index (χ1v) is 6.88. The van der Waals surface area contributed by atoms with Crippen LogP contribution in [0.15, 0.2) is 0 Å². The number of halogens is 4. The van der Waals surface area contributed by atoms with Crippen molar-refractivity contribution in [3.05, 3.63) is 0 Å². The topological polar surface area (TPSA) is 0 Å². The van der Waals surface area contributed by atoms with E-state index in [1.165, 1.54) is 25.2 Å². The van der Waals surface area contributed by atoms with Crippen molar-refractivity contribution < 1.29 is 17.3 Å². The lowest BCUT2D eigenvalue weighted by Gasteiger charge is -2.12. The Morgan fingerprint density at radius 1 is 1.07 bits per heavy atom. The van der Waals surface area contributed by atoms with E-state index in [0.29, 0.717) is 5.41 Å². The first-order valence-electron chi connectivity index (χ1n) is 5.25. The molecule has 94 valence electrons. The molecule has 0 heterocycles. The highest BCUT2D eigenvalue weighted by Gasteiger charge is 2.20. The molecular formula is C9H22BF4P. The fourth-order valence-electron chi connectivity index (χ4n) is 0.884. The summed E-state index contributed by atoms with van der Waals surface area (Å²) in [6.45, 7) is 9.29. The summed E-state index contributed by atoms with van der Waals surface area (Å²) >= 11 is 0. The molecular weight excluding hydrogens is 226 g/mol. The minimum Gasteiger partial charge on any atom is -0.418 e. The van der Waals surface area contributed by atoms with Gasteiger partial charge < -0.3 is 17.3 Å². The number of hydrogen-bond donors (Lipinski definition) is 0. The fourth-order valence-corrected chi connectivity index (χ4v) is 2.65. The first-order chi connectivity index (χ1) is 6.56. The molecule has 1 unspecified atom stereocenters. The summed E-state index contributed by atoms with van der Waals surface area (Å²) in [6.07, 6.45) is 5.79. The largest absolute Gasteiger partial charge is 0.673 e. The molecule has 0 saturated heterocycles. The Morgan fingerprint density at radius 2 is 1.47 bits per heavy atom. The van der Waals surface area contributed by atoms with E-state index in [1.807, 2.05) is 0 Å². The van der Waals surface area contributed by atoms with Gasteiger partial charge in [0.25, 0.3) is 0 Å². The Balaban J connectivity index is 0. The Morgan fingerprint density at radius 3 is 1.73 bits per heavy atom. The molecule has 0 rings (SSSR count). The van der Waals surface area contributed by atoms with Gasteiger partial charge in [0.15, 0.2) is 0 Å². The smallest absolute Gasteiger partial charge is 0.418 e. The second-order valence-electron chi connectivity index (χ2n) is 4.69. The van der Waals surface area contributed by atoms with Crippen molar-refractivity contribution in [3.63, 3.8) is 0 Å². The molecule has 0 nitrogen and oxygen atoms in total. The van der Waals surface area contributed by atoms with Gasteiger partial charge in [0, 0.05) is 0 Å². The second-order valence-corrected chi connectivity index (χ2v) is 6.25. The molecule has 0 aromatic rings. The highest BCUT2D eigenvalue weighted by Crippen LogP contribution is 2.25. The summed E-state index contributed by atoms with van der Waals surface area (Å²) in [5.74, 6) is 0. The lowest BCUT2D eigenvalue weighted by atomic mass is 10.0. The molecule has 0 aromatic carbocycles. The number of unbranched alkanes of at least 4 members (excludes halogenated alkanes) is 1. The molecule has 0 fully saturated rings. The van der Waals surface area contributed by atoms with Crippen molar-refractivity contribution in [2.75, 3.05) is 12.3 Å². The minimum atomic E-state index is -6.00. The van der Waals surface area contributed by atoms with Crippen LogP contribution in [0.5, 0.6) is 0 Å².